The van der Waals surface area contributed by atoms with Crippen molar-refractivity contribution >= 4 is 28.3 Å². The first-order chi connectivity index (χ1) is 13.1. The third-order valence-corrected chi connectivity index (χ3v) is 5.93. The van der Waals surface area contributed by atoms with Crippen LogP contribution in [0.1, 0.15) is 35.0 Å². The van der Waals surface area contributed by atoms with Gasteiger partial charge in [0.15, 0.2) is 0 Å². The molecule has 0 radical (unpaired) electrons. The first kappa shape index (κ1) is 18.1. The van der Waals surface area contributed by atoms with E-state index in [-0.39, 0.29) is 11.9 Å². The molecule has 5 nitrogen and oxygen atoms in total. The molecule has 0 spiro atoms. The highest BCUT2D eigenvalue weighted by atomic mass is 32.1. The van der Waals surface area contributed by atoms with Crippen molar-refractivity contribution in [3.8, 4) is 0 Å². The lowest BCUT2D eigenvalue weighted by molar-refractivity contribution is 0.0497. The predicted molar refractivity (Wildman–Crippen MR) is 101 cm³/mol. The number of carbonyl (C=O) groups is 1. The second-order valence-corrected chi connectivity index (χ2v) is 7.54. The normalized spacial score (nSPS) is 17.0. The van der Waals surface area contributed by atoms with E-state index in [1.54, 1.807) is 24.3 Å². The fourth-order valence-corrected chi connectivity index (χ4v) is 4.29. The van der Waals surface area contributed by atoms with Crippen LogP contribution in [0.5, 0.6) is 0 Å². The standard InChI is InChI=1S/C19H20F2N4OS/c1-13(17-22-14-5-2-3-6-15(14)25(17)19(20)21)23-8-10-24(11-9-23)18(26)16-7-4-12-27-16/h2-7,12-13,19H,8-11H2,1H3. The fraction of sp³-hybridized carbons (Fsp3) is 0.368. The van der Waals surface area contributed by atoms with Crippen molar-refractivity contribution in [2.75, 3.05) is 26.2 Å². The number of piperazine rings is 1. The van der Waals surface area contributed by atoms with Gasteiger partial charge in [0.25, 0.3) is 5.91 Å². The van der Waals surface area contributed by atoms with Crippen molar-refractivity contribution in [2.45, 2.75) is 19.5 Å². The van der Waals surface area contributed by atoms with Crippen molar-refractivity contribution in [3.63, 3.8) is 0 Å². The van der Waals surface area contributed by atoms with E-state index in [9.17, 15) is 13.6 Å². The number of thiophene rings is 1. The van der Waals surface area contributed by atoms with Gasteiger partial charge in [0.05, 0.1) is 22.0 Å². The number of halogens is 2. The van der Waals surface area contributed by atoms with Gasteiger partial charge in [-0.05, 0) is 30.5 Å². The summed E-state index contributed by atoms with van der Waals surface area (Å²) in [5.41, 5.74) is 1.02. The molecule has 1 unspecified atom stereocenters. The zero-order valence-corrected chi connectivity index (χ0v) is 15.7. The summed E-state index contributed by atoms with van der Waals surface area (Å²) in [4.78, 5) is 21.6. The third kappa shape index (κ3) is 3.35. The molecule has 0 saturated carbocycles. The summed E-state index contributed by atoms with van der Waals surface area (Å²) in [6.45, 7) is 1.68. The van der Waals surface area contributed by atoms with Gasteiger partial charge in [-0.2, -0.15) is 8.78 Å². The summed E-state index contributed by atoms with van der Waals surface area (Å²) >= 11 is 1.43. The van der Waals surface area contributed by atoms with Crippen LogP contribution < -0.4 is 0 Å². The van der Waals surface area contributed by atoms with Crippen molar-refractivity contribution in [1.29, 1.82) is 0 Å². The minimum Gasteiger partial charge on any atom is -0.335 e. The van der Waals surface area contributed by atoms with Crippen LogP contribution in [-0.4, -0.2) is 51.4 Å². The maximum Gasteiger partial charge on any atom is 0.320 e. The molecular weight excluding hydrogens is 370 g/mol. The topological polar surface area (TPSA) is 41.4 Å². The highest BCUT2D eigenvalue weighted by molar-refractivity contribution is 7.12. The van der Waals surface area contributed by atoms with Gasteiger partial charge in [-0.1, -0.05) is 18.2 Å². The Labute approximate surface area is 159 Å². The molecule has 1 saturated heterocycles. The van der Waals surface area contributed by atoms with Crippen LogP contribution in [0.2, 0.25) is 0 Å². The summed E-state index contributed by atoms with van der Waals surface area (Å²) < 4.78 is 28.4. The molecule has 1 fully saturated rings. The van der Waals surface area contributed by atoms with Crippen molar-refractivity contribution < 1.29 is 13.6 Å². The fourth-order valence-electron chi connectivity index (χ4n) is 3.59. The lowest BCUT2D eigenvalue weighted by Crippen LogP contribution is -2.49. The number of imidazole rings is 1. The number of nitrogens with zero attached hydrogens (tertiary/aromatic N) is 4. The van der Waals surface area contributed by atoms with Crippen LogP contribution in [0, 0.1) is 0 Å². The van der Waals surface area contributed by atoms with E-state index in [1.165, 1.54) is 11.3 Å². The highest BCUT2D eigenvalue weighted by Crippen LogP contribution is 2.30. The maximum atomic E-state index is 13.7. The molecule has 0 aliphatic carbocycles. The van der Waals surface area contributed by atoms with Crippen molar-refractivity contribution in [1.82, 2.24) is 19.4 Å². The van der Waals surface area contributed by atoms with Crippen LogP contribution in [-0.2, 0) is 0 Å². The van der Waals surface area contributed by atoms with Gasteiger partial charge in [-0.25, -0.2) is 4.98 Å². The van der Waals surface area contributed by atoms with Crippen molar-refractivity contribution in [2.24, 2.45) is 0 Å². The van der Waals surface area contributed by atoms with E-state index in [0.717, 1.165) is 9.44 Å². The molecule has 142 valence electrons. The quantitative estimate of drug-likeness (QED) is 0.676. The summed E-state index contributed by atoms with van der Waals surface area (Å²) in [5.74, 6) is 0.404. The van der Waals surface area contributed by atoms with Crippen LogP contribution in [0.3, 0.4) is 0 Å². The summed E-state index contributed by atoms with van der Waals surface area (Å²) in [6.07, 6.45) is 0. The number of hydrogen-bond donors (Lipinski definition) is 0. The Bertz CT molecular complexity index is 932. The van der Waals surface area contributed by atoms with E-state index in [0.29, 0.717) is 43.0 Å². The zero-order valence-electron chi connectivity index (χ0n) is 14.9. The molecule has 27 heavy (non-hydrogen) atoms. The average Bonchev–Trinajstić information content (AvgIpc) is 3.34. The number of amides is 1. The zero-order chi connectivity index (χ0) is 19.0. The maximum absolute atomic E-state index is 13.7. The first-order valence-electron chi connectivity index (χ1n) is 8.88. The Morgan fingerprint density at radius 1 is 1.11 bits per heavy atom. The average molecular weight is 390 g/mol. The van der Waals surface area contributed by atoms with E-state index >= 15 is 0 Å². The number of benzene rings is 1. The van der Waals surface area contributed by atoms with E-state index in [1.807, 2.05) is 29.3 Å². The molecule has 8 heteroatoms. The summed E-state index contributed by atoms with van der Waals surface area (Å²) in [6, 6.07) is 10.4. The van der Waals surface area contributed by atoms with Gasteiger partial charge in [0.1, 0.15) is 5.82 Å². The second-order valence-electron chi connectivity index (χ2n) is 6.59. The molecule has 4 rings (SSSR count). The molecule has 1 amide bonds. The van der Waals surface area contributed by atoms with E-state index in [4.69, 9.17) is 0 Å². The van der Waals surface area contributed by atoms with Gasteiger partial charge in [0, 0.05) is 26.2 Å². The number of aromatic nitrogens is 2. The van der Waals surface area contributed by atoms with Crippen molar-refractivity contribution in [3.05, 3.63) is 52.5 Å². The van der Waals surface area contributed by atoms with Crippen LogP contribution in [0.15, 0.2) is 41.8 Å². The molecule has 0 bridgehead atoms. The molecule has 1 aliphatic rings. The highest BCUT2D eigenvalue weighted by Gasteiger charge is 2.29. The molecule has 2 aromatic heterocycles. The molecule has 1 aliphatic heterocycles. The van der Waals surface area contributed by atoms with Crippen LogP contribution in [0.4, 0.5) is 8.78 Å². The van der Waals surface area contributed by atoms with Crippen LogP contribution in [0.25, 0.3) is 11.0 Å². The number of alkyl halides is 2. The van der Waals surface area contributed by atoms with Gasteiger partial charge in [-0.15, -0.1) is 11.3 Å². The third-order valence-electron chi connectivity index (χ3n) is 5.07. The Hall–Kier alpha value is -2.32. The monoisotopic (exact) mass is 390 g/mol. The number of rotatable bonds is 4. The first-order valence-corrected chi connectivity index (χ1v) is 9.76. The number of hydrogen-bond acceptors (Lipinski definition) is 4. The minimum atomic E-state index is -2.64. The lowest BCUT2D eigenvalue weighted by atomic mass is 10.2. The van der Waals surface area contributed by atoms with Gasteiger partial charge >= 0.3 is 6.55 Å². The molecule has 1 atom stereocenters. The molecule has 3 aromatic rings. The SMILES string of the molecule is CC(c1nc2ccccc2n1C(F)F)N1CCN(C(=O)c2cccs2)CC1. The Morgan fingerprint density at radius 3 is 2.52 bits per heavy atom. The molecule has 1 aromatic carbocycles. The largest absolute Gasteiger partial charge is 0.335 e. The number of para-hydroxylation sites is 2. The Balaban J connectivity index is 1.51. The molecular formula is C19H20F2N4OS. The smallest absolute Gasteiger partial charge is 0.320 e. The van der Waals surface area contributed by atoms with E-state index in [2.05, 4.69) is 9.88 Å². The number of fused-ring (bicyclic) bond motifs is 1. The van der Waals surface area contributed by atoms with Crippen LogP contribution >= 0.6 is 11.3 Å². The van der Waals surface area contributed by atoms with E-state index < -0.39 is 6.55 Å². The van der Waals surface area contributed by atoms with Gasteiger partial charge in [-0.3, -0.25) is 14.3 Å². The summed E-state index contributed by atoms with van der Waals surface area (Å²) in [7, 11) is 0. The lowest BCUT2D eigenvalue weighted by Gasteiger charge is -2.37. The van der Waals surface area contributed by atoms with Gasteiger partial charge < -0.3 is 4.90 Å². The minimum absolute atomic E-state index is 0.0390. The predicted octanol–water partition coefficient (Wildman–Crippen LogP) is 4.01. The summed E-state index contributed by atoms with van der Waals surface area (Å²) in [5, 5.41) is 1.89. The number of carbonyl (C=O) groups excluding carboxylic acids is 1. The second kappa shape index (κ2) is 7.36. The Kier molecular flexibility index (Phi) is 4.92. The molecule has 3 heterocycles. The Morgan fingerprint density at radius 2 is 1.85 bits per heavy atom. The van der Waals surface area contributed by atoms with Gasteiger partial charge in [0.2, 0.25) is 0 Å². The molecule has 0 N–H and O–H groups in total.